The van der Waals surface area contributed by atoms with Crippen molar-refractivity contribution in [3.63, 3.8) is 0 Å². The van der Waals surface area contributed by atoms with Gasteiger partial charge in [-0.3, -0.25) is 43.7 Å². The Morgan fingerprint density at radius 1 is 1.07 bits per heavy atom. The molecule has 0 radical (unpaired) electrons. The molecule has 1 aromatic heterocycles. The van der Waals surface area contributed by atoms with E-state index in [1.807, 2.05) is 6.07 Å². The highest BCUT2D eigenvalue weighted by molar-refractivity contribution is 6.25. The minimum Gasteiger partial charge on any atom is -0.384 e. The van der Waals surface area contributed by atoms with E-state index in [0.29, 0.717) is 37.2 Å². The normalized spacial score (nSPS) is 20.5. The molecule has 0 bridgehead atoms. The van der Waals surface area contributed by atoms with Crippen LogP contribution in [0.25, 0.3) is 11.1 Å². The Morgan fingerprint density at radius 2 is 1.91 bits per heavy atom. The van der Waals surface area contributed by atoms with Crippen molar-refractivity contribution in [1.29, 1.82) is 0 Å². The fraction of sp³-hybridized carbons (Fsp3) is 0.323. The van der Waals surface area contributed by atoms with E-state index in [1.165, 1.54) is 10.7 Å². The zero-order chi connectivity index (χ0) is 31.7. The molecule has 1 saturated heterocycles. The Hall–Kier alpha value is -5.40. The van der Waals surface area contributed by atoms with Crippen LogP contribution in [0.3, 0.4) is 0 Å². The summed E-state index contributed by atoms with van der Waals surface area (Å²) in [7, 11) is 0. The van der Waals surface area contributed by atoms with Crippen LogP contribution in [-0.2, 0) is 25.7 Å². The number of piperidine rings is 1. The van der Waals surface area contributed by atoms with Crippen LogP contribution in [0.1, 0.15) is 69.7 Å². The second kappa shape index (κ2) is 12.3. The average molecular weight is 616 g/mol. The number of nitrogens with zero attached hydrogens (tertiary/aromatic N) is 3. The molecule has 3 aromatic rings. The summed E-state index contributed by atoms with van der Waals surface area (Å²) in [5.41, 5.74) is 3.58. The highest BCUT2D eigenvalue weighted by Gasteiger charge is 2.45. The van der Waals surface area contributed by atoms with E-state index in [4.69, 9.17) is 0 Å². The van der Waals surface area contributed by atoms with Crippen molar-refractivity contribution in [2.24, 2.45) is 0 Å². The number of carbonyl (C=O) groups is 6. The lowest BCUT2D eigenvalue weighted by Crippen LogP contribution is -2.54. The molecule has 1 unspecified atom stereocenters. The van der Waals surface area contributed by atoms with Gasteiger partial charge >= 0.3 is 0 Å². The number of alkyl halides is 1. The zero-order valence-electron chi connectivity index (χ0n) is 24.0. The van der Waals surface area contributed by atoms with Crippen LogP contribution in [0.4, 0.5) is 10.1 Å². The molecule has 45 heavy (non-hydrogen) atoms. The number of aromatic nitrogens is 2. The van der Waals surface area contributed by atoms with Crippen LogP contribution in [0.5, 0.6) is 0 Å². The summed E-state index contributed by atoms with van der Waals surface area (Å²) >= 11 is 0. The molecule has 2 aliphatic heterocycles. The van der Waals surface area contributed by atoms with Crippen molar-refractivity contribution in [3.05, 3.63) is 71.0 Å². The number of hydrogen-bond acceptors (Lipinski definition) is 8. The van der Waals surface area contributed by atoms with Gasteiger partial charge in [-0.15, -0.1) is 0 Å². The molecule has 4 N–H and O–H groups in total. The Kier molecular flexibility index (Phi) is 8.11. The number of benzene rings is 2. The summed E-state index contributed by atoms with van der Waals surface area (Å²) in [5.74, 6) is -2.54. The first-order chi connectivity index (χ1) is 21.7. The number of nitrogens with one attached hydrogen (secondary N) is 4. The summed E-state index contributed by atoms with van der Waals surface area (Å²) in [6.45, 7) is 0.705. The molecule has 232 valence electrons. The van der Waals surface area contributed by atoms with Crippen molar-refractivity contribution in [2.45, 2.75) is 50.5 Å². The zero-order valence-corrected chi connectivity index (χ0v) is 24.0. The maximum absolute atomic E-state index is 14.5. The minimum atomic E-state index is -1.17. The molecule has 3 atom stereocenters. The molecule has 1 aliphatic carbocycles. The molecule has 14 heteroatoms. The Balaban J connectivity index is 0.990. The molecule has 2 aromatic carbocycles. The van der Waals surface area contributed by atoms with Gasteiger partial charge < -0.3 is 16.0 Å². The fourth-order valence-electron chi connectivity index (χ4n) is 6.05. The second-order valence-corrected chi connectivity index (χ2v) is 11.1. The third kappa shape index (κ3) is 5.78. The maximum atomic E-state index is 14.5. The van der Waals surface area contributed by atoms with Gasteiger partial charge in [-0.2, -0.15) is 5.10 Å². The summed E-state index contributed by atoms with van der Waals surface area (Å²) in [5, 5.41) is 15.0. The molecule has 0 saturated carbocycles. The third-order valence-corrected chi connectivity index (χ3v) is 8.24. The summed E-state index contributed by atoms with van der Waals surface area (Å²) in [6, 6.07) is 8.83. The van der Waals surface area contributed by atoms with Gasteiger partial charge in [-0.05, 0) is 47.7 Å². The van der Waals surface area contributed by atoms with E-state index < -0.39 is 35.8 Å². The predicted octanol–water partition coefficient (Wildman–Crippen LogP) is 1.77. The van der Waals surface area contributed by atoms with Crippen molar-refractivity contribution >= 4 is 41.6 Å². The number of hydrogen-bond donors (Lipinski definition) is 4. The number of rotatable bonds is 11. The fourth-order valence-corrected chi connectivity index (χ4v) is 6.05. The number of halogens is 1. The molecule has 13 nitrogen and oxygen atoms in total. The van der Waals surface area contributed by atoms with Gasteiger partial charge in [0.05, 0.1) is 23.4 Å². The molecule has 1 fully saturated rings. The quantitative estimate of drug-likeness (QED) is 0.144. The number of anilines is 1. The van der Waals surface area contributed by atoms with E-state index >= 15 is 0 Å². The van der Waals surface area contributed by atoms with Crippen LogP contribution in [0.2, 0.25) is 0 Å². The Labute approximate surface area is 256 Å². The van der Waals surface area contributed by atoms with Gasteiger partial charge in [-0.1, -0.05) is 18.2 Å². The van der Waals surface area contributed by atoms with Gasteiger partial charge in [-0.25, -0.2) is 4.39 Å². The van der Waals surface area contributed by atoms with Gasteiger partial charge in [0.1, 0.15) is 18.8 Å². The van der Waals surface area contributed by atoms with Crippen LogP contribution < -0.4 is 21.3 Å². The lowest BCUT2D eigenvalue weighted by atomic mass is 10.0. The van der Waals surface area contributed by atoms with Gasteiger partial charge in [0.25, 0.3) is 11.8 Å². The predicted molar refractivity (Wildman–Crippen MR) is 157 cm³/mol. The van der Waals surface area contributed by atoms with Crippen LogP contribution >= 0.6 is 0 Å². The highest BCUT2D eigenvalue weighted by atomic mass is 19.1. The highest BCUT2D eigenvalue weighted by Crippen LogP contribution is 2.42. The SMILES string of the molecule is O=CN[C@H]1C[C@@H](F)c2cc(-c3cnn(CC(=O)NCCCNc4cccc5c4C(=O)N(C4CCC(=O)NC4=O)C5=O)c3)ccc21. The number of fused-ring (bicyclic) bond motifs is 2. The third-order valence-electron chi connectivity index (χ3n) is 8.24. The molecule has 6 rings (SSSR count). The number of carbonyl (C=O) groups excluding carboxylic acids is 6. The standard InChI is InChI=1S/C31H30FN7O6/c32-22-12-24(35-16-40)19-6-5-17(11-21(19)22)18-13-36-38(14-18)15-27(42)34-10-2-9-33-23-4-1-3-20-28(23)31(45)39(30(20)44)25-7-8-26(41)37-29(25)43/h1,3-6,11,13-14,16,22,24-25,33H,2,7-10,12,15H2,(H,34,42)(H,35,40)(H,37,41,43)/t22-,24+,25?/m1/s1. The second-order valence-electron chi connectivity index (χ2n) is 11.1. The first kappa shape index (κ1) is 29.7. The largest absolute Gasteiger partial charge is 0.384 e. The number of imide groups is 2. The van der Waals surface area contributed by atoms with E-state index in [0.717, 1.165) is 21.6 Å². The van der Waals surface area contributed by atoms with Crippen LogP contribution in [-0.4, -0.2) is 69.8 Å². The topological polar surface area (TPSA) is 172 Å². The molecular formula is C31H30FN7O6. The van der Waals surface area contributed by atoms with Crippen LogP contribution in [0, 0.1) is 0 Å². The maximum Gasteiger partial charge on any atom is 0.264 e. The van der Waals surface area contributed by atoms with Gasteiger partial charge in [0.2, 0.25) is 24.1 Å². The van der Waals surface area contributed by atoms with Crippen LogP contribution in [0.15, 0.2) is 48.8 Å². The van der Waals surface area contributed by atoms with E-state index in [1.54, 1.807) is 36.7 Å². The lowest BCUT2D eigenvalue weighted by Gasteiger charge is -2.27. The van der Waals surface area contributed by atoms with E-state index in [9.17, 15) is 33.2 Å². The number of amides is 6. The first-order valence-corrected chi connectivity index (χ1v) is 14.6. The summed E-state index contributed by atoms with van der Waals surface area (Å²) in [4.78, 5) is 74.3. The van der Waals surface area contributed by atoms with E-state index in [2.05, 4.69) is 26.4 Å². The van der Waals surface area contributed by atoms with E-state index in [-0.39, 0.29) is 48.9 Å². The van der Waals surface area contributed by atoms with Crippen molar-refractivity contribution in [3.8, 4) is 11.1 Å². The van der Waals surface area contributed by atoms with Gasteiger partial charge in [0, 0.05) is 43.4 Å². The van der Waals surface area contributed by atoms with Crippen molar-refractivity contribution in [1.82, 2.24) is 30.6 Å². The first-order valence-electron chi connectivity index (χ1n) is 14.6. The molecule has 6 amide bonds. The molecular weight excluding hydrogens is 585 g/mol. The minimum absolute atomic E-state index is 0.0194. The van der Waals surface area contributed by atoms with Gasteiger partial charge in [0.15, 0.2) is 0 Å². The van der Waals surface area contributed by atoms with Crippen molar-refractivity contribution in [2.75, 3.05) is 18.4 Å². The monoisotopic (exact) mass is 615 g/mol. The Morgan fingerprint density at radius 3 is 2.71 bits per heavy atom. The van der Waals surface area contributed by atoms with Crippen molar-refractivity contribution < 1.29 is 33.2 Å². The molecule has 3 aliphatic rings. The smallest absolute Gasteiger partial charge is 0.264 e. The summed E-state index contributed by atoms with van der Waals surface area (Å²) < 4.78 is 16.0. The molecule has 3 heterocycles. The molecule has 0 spiro atoms. The lowest BCUT2D eigenvalue weighted by molar-refractivity contribution is -0.136. The average Bonchev–Trinajstić information content (AvgIpc) is 3.68. The Bertz CT molecular complexity index is 1720. The summed E-state index contributed by atoms with van der Waals surface area (Å²) in [6.07, 6.45) is 3.54.